The number of nitrogens with one attached hydrogen (secondary N) is 1. The molecule has 2 aromatic rings. The molecule has 112 valence electrons. The van der Waals surface area contributed by atoms with Gasteiger partial charge in [0.1, 0.15) is 5.75 Å². The molecule has 0 amide bonds. The highest BCUT2D eigenvalue weighted by molar-refractivity contribution is 7.98. The van der Waals surface area contributed by atoms with E-state index in [0.29, 0.717) is 6.04 Å². The molecule has 21 heavy (non-hydrogen) atoms. The molecule has 2 aromatic carbocycles. The molecule has 0 aliphatic rings. The Labute approximate surface area is 131 Å². The molecule has 0 heterocycles. The van der Waals surface area contributed by atoms with Crippen molar-refractivity contribution in [3.05, 3.63) is 59.7 Å². The summed E-state index contributed by atoms with van der Waals surface area (Å²) in [6.45, 7) is 0. The van der Waals surface area contributed by atoms with Crippen LogP contribution in [0.25, 0.3) is 0 Å². The molecule has 0 aliphatic heterocycles. The molecule has 0 spiro atoms. The molecule has 0 bridgehead atoms. The van der Waals surface area contributed by atoms with E-state index < -0.39 is 0 Å². The van der Waals surface area contributed by atoms with Gasteiger partial charge in [-0.05, 0) is 55.5 Å². The van der Waals surface area contributed by atoms with Crippen LogP contribution in [0.3, 0.4) is 0 Å². The third-order valence-corrected chi connectivity index (χ3v) is 4.56. The molecule has 0 fully saturated rings. The summed E-state index contributed by atoms with van der Waals surface area (Å²) in [7, 11) is 3.74. The number of rotatable bonds is 7. The first kappa shape index (κ1) is 15.9. The molecule has 3 heteroatoms. The molecule has 1 N–H and O–H groups in total. The van der Waals surface area contributed by atoms with Crippen molar-refractivity contribution in [3.8, 4) is 5.75 Å². The quantitative estimate of drug-likeness (QED) is 0.770. The Hall–Kier alpha value is -1.45. The monoisotopic (exact) mass is 301 g/mol. The van der Waals surface area contributed by atoms with Gasteiger partial charge in [0.25, 0.3) is 0 Å². The fraction of sp³-hybridized carbons (Fsp3) is 0.333. The normalized spacial score (nSPS) is 12.1. The van der Waals surface area contributed by atoms with Gasteiger partial charge in [-0.15, -0.1) is 11.8 Å². The van der Waals surface area contributed by atoms with Crippen molar-refractivity contribution in [3.63, 3.8) is 0 Å². The second-order valence-corrected chi connectivity index (χ2v) is 5.82. The van der Waals surface area contributed by atoms with Crippen molar-refractivity contribution in [1.82, 2.24) is 5.32 Å². The molecule has 0 aromatic heterocycles. The first-order valence-corrected chi connectivity index (χ1v) is 8.44. The van der Waals surface area contributed by atoms with E-state index in [1.807, 2.05) is 30.9 Å². The summed E-state index contributed by atoms with van der Waals surface area (Å²) in [5.41, 5.74) is 2.73. The number of ether oxygens (including phenoxy) is 1. The lowest BCUT2D eigenvalue weighted by Gasteiger charge is -2.19. The molecule has 0 saturated heterocycles. The van der Waals surface area contributed by atoms with E-state index in [2.05, 4.69) is 48.0 Å². The van der Waals surface area contributed by atoms with E-state index >= 15 is 0 Å². The van der Waals surface area contributed by atoms with Crippen molar-refractivity contribution in [2.24, 2.45) is 0 Å². The molecule has 0 aliphatic carbocycles. The van der Waals surface area contributed by atoms with Gasteiger partial charge >= 0.3 is 0 Å². The standard InChI is InChI=1S/C18H23NOS/c1-19-17(16-6-4-5-7-18(16)21-3)13-10-14-8-11-15(20-2)12-9-14/h4-9,11-12,17,19H,10,13H2,1-3H3. The van der Waals surface area contributed by atoms with Crippen LogP contribution in [-0.2, 0) is 6.42 Å². The average molecular weight is 301 g/mol. The zero-order valence-corrected chi connectivity index (χ0v) is 13.7. The first-order chi connectivity index (χ1) is 10.3. The Morgan fingerprint density at radius 3 is 2.43 bits per heavy atom. The average Bonchev–Trinajstić information content (AvgIpc) is 2.56. The van der Waals surface area contributed by atoms with Gasteiger partial charge in [0.15, 0.2) is 0 Å². The number of aryl methyl sites for hydroxylation is 1. The van der Waals surface area contributed by atoms with Gasteiger partial charge in [-0.2, -0.15) is 0 Å². The minimum absolute atomic E-state index is 0.385. The van der Waals surface area contributed by atoms with Crippen LogP contribution in [0.1, 0.15) is 23.6 Å². The van der Waals surface area contributed by atoms with Gasteiger partial charge in [-0.3, -0.25) is 0 Å². The number of methoxy groups -OCH3 is 1. The minimum Gasteiger partial charge on any atom is -0.497 e. The summed E-state index contributed by atoms with van der Waals surface area (Å²) in [6.07, 6.45) is 4.27. The highest BCUT2D eigenvalue weighted by Gasteiger charge is 2.12. The van der Waals surface area contributed by atoms with Crippen LogP contribution in [-0.4, -0.2) is 20.4 Å². The maximum absolute atomic E-state index is 5.20. The molecule has 1 unspecified atom stereocenters. The topological polar surface area (TPSA) is 21.3 Å². The molecular formula is C18H23NOS. The lowest BCUT2D eigenvalue weighted by Crippen LogP contribution is -2.17. The summed E-state index contributed by atoms with van der Waals surface area (Å²) in [4.78, 5) is 1.35. The third kappa shape index (κ3) is 4.26. The number of benzene rings is 2. The summed E-state index contributed by atoms with van der Waals surface area (Å²) in [5.74, 6) is 0.914. The van der Waals surface area contributed by atoms with Crippen LogP contribution in [0.15, 0.2) is 53.4 Å². The Kier molecular flexibility index (Phi) is 6.15. The van der Waals surface area contributed by atoms with Crippen molar-refractivity contribution in [2.45, 2.75) is 23.8 Å². The molecule has 1 atom stereocenters. The predicted molar refractivity (Wildman–Crippen MR) is 91.3 cm³/mol. The predicted octanol–water partition coefficient (Wildman–Crippen LogP) is 4.31. The molecule has 2 rings (SSSR count). The highest BCUT2D eigenvalue weighted by atomic mass is 32.2. The van der Waals surface area contributed by atoms with E-state index in [0.717, 1.165) is 18.6 Å². The summed E-state index contributed by atoms with van der Waals surface area (Å²) in [5, 5.41) is 3.45. The minimum atomic E-state index is 0.385. The largest absolute Gasteiger partial charge is 0.497 e. The Bertz CT molecular complexity index is 553. The van der Waals surface area contributed by atoms with Crippen molar-refractivity contribution in [1.29, 1.82) is 0 Å². The Morgan fingerprint density at radius 2 is 1.81 bits per heavy atom. The zero-order chi connectivity index (χ0) is 15.1. The van der Waals surface area contributed by atoms with Gasteiger partial charge in [0.05, 0.1) is 7.11 Å². The maximum atomic E-state index is 5.20. The summed E-state index contributed by atoms with van der Waals surface area (Å²) in [6, 6.07) is 17.4. The smallest absolute Gasteiger partial charge is 0.118 e. The van der Waals surface area contributed by atoms with E-state index in [1.54, 1.807) is 7.11 Å². The van der Waals surface area contributed by atoms with E-state index in [9.17, 15) is 0 Å². The van der Waals surface area contributed by atoms with Crippen molar-refractivity contribution in [2.75, 3.05) is 20.4 Å². The third-order valence-electron chi connectivity index (χ3n) is 3.74. The number of hydrogen-bond acceptors (Lipinski definition) is 3. The summed E-state index contributed by atoms with van der Waals surface area (Å²) < 4.78 is 5.20. The summed E-state index contributed by atoms with van der Waals surface area (Å²) >= 11 is 1.81. The van der Waals surface area contributed by atoms with Crippen LogP contribution in [0.5, 0.6) is 5.75 Å². The molecule has 2 nitrogen and oxygen atoms in total. The Balaban J connectivity index is 2.05. The van der Waals surface area contributed by atoms with Crippen LogP contribution in [0, 0.1) is 0 Å². The number of thioether (sulfide) groups is 1. The van der Waals surface area contributed by atoms with Crippen LogP contribution < -0.4 is 10.1 Å². The molecular weight excluding hydrogens is 278 g/mol. The van der Waals surface area contributed by atoms with Gasteiger partial charge in [0, 0.05) is 10.9 Å². The Morgan fingerprint density at radius 1 is 1.10 bits per heavy atom. The zero-order valence-electron chi connectivity index (χ0n) is 12.9. The lowest BCUT2D eigenvalue weighted by molar-refractivity contribution is 0.414. The second kappa shape index (κ2) is 8.11. The maximum Gasteiger partial charge on any atom is 0.118 e. The SMILES string of the molecule is CNC(CCc1ccc(OC)cc1)c1ccccc1SC. The van der Waals surface area contributed by atoms with Crippen molar-refractivity contribution < 1.29 is 4.74 Å². The first-order valence-electron chi connectivity index (χ1n) is 7.21. The van der Waals surface area contributed by atoms with E-state index in [4.69, 9.17) is 4.74 Å². The van der Waals surface area contributed by atoms with Gasteiger partial charge in [-0.25, -0.2) is 0 Å². The van der Waals surface area contributed by atoms with E-state index in [-0.39, 0.29) is 0 Å². The molecule has 0 saturated carbocycles. The lowest BCUT2D eigenvalue weighted by atomic mass is 9.99. The van der Waals surface area contributed by atoms with Crippen LogP contribution >= 0.6 is 11.8 Å². The van der Waals surface area contributed by atoms with Gasteiger partial charge in [-0.1, -0.05) is 30.3 Å². The van der Waals surface area contributed by atoms with Gasteiger partial charge < -0.3 is 10.1 Å². The number of hydrogen-bond donors (Lipinski definition) is 1. The van der Waals surface area contributed by atoms with Crippen molar-refractivity contribution >= 4 is 11.8 Å². The van der Waals surface area contributed by atoms with Crippen LogP contribution in [0.2, 0.25) is 0 Å². The van der Waals surface area contributed by atoms with Gasteiger partial charge in [0.2, 0.25) is 0 Å². The fourth-order valence-electron chi connectivity index (χ4n) is 2.51. The molecule has 0 radical (unpaired) electrons. The van der Waals surface area contributed by atoms with Crippen LogP contribution in [0.4, 0.5) is 0 Å². The van der Waals surface area contributed by atoms with E-state index in [1.165, 1.54) is 16.0 Å². The highest BCUT2D eigenvalue weighted by Crippen LogP contribution is 2.28. The fourth-order valence-corrected chi connectivity index (χ4v) is 3.17. The second-order valence-electron chi connectivity index (χ2n) is 4.97.